The van der Waals surface area contributed by atoms with Gasteiger partial charge in [0.2, 0.25) is 5.91 Å². The molecule has 1 unspecified atom stereocenters. The number of halogens is 5. The molecule has 0 N–H and O–H groups in total. The van der Waals surface area contributed by atoms with E-state index in [4.69, 9.17) is 0 Å². The van der Waals surface area contributed by atoms with Crippen molar-refractivity contribution in [3.05, 3.63) is 101 Å². The largest absolute Gasteiger partial charge is 0.416 e. The first-order chi connectivity index (χ1) is 18.1. The maximum atomic E-state index is 13.6. The number of carbonyl (C=O) groups is 2. The lowest BCUT2D eigenvalue weighted by Crippen LogP contribution is -2.53. The quantitative estimate of drug-likeness (QED) is 0.344. The van der Waals surface area contributed by atoms with Crippen molar-refractivity contribution in [2.45, 2.75) is 24.7 Å². The predicted molar refractivity (Wildman–Crippen MR) is 130 cm³/mol. The molecule has 198 valence electrons. The van der Waals surface area contributed by atoms with Crippen molar-refractivity contribution in [2.75, 3.05) is 31.1 Å². The highest BCUT2D eigenvalue weighted by molar-refractivity contribution is 6.22. The molecule has 3 aromatic carbocycles. The van der Waals surface area contributed by atoms with Crippen molar-refractivity contribution in [1.82, 2.24) is 9.80 Å². The fraction of sp³-hybridized carbons (Fsp3) is 0.286. The monoisotopic (exact) mass is 529 g/mol. The highest BCUT2D eigenvalue weighted by atomic mass is 19.4. The summed E-state index contributed by atoms with van der Waals surface area (Å²) >= 11 is 0. The standard InChI is InChI=1S/C28H24F5N3O2/c29-21-8-4-18(5-9-21)26(19-6-10-22(30)11-7-19)35-14-12-34(13-15-35)24-17-25(37)36(27(24)38)23-3-1-2-20(16-23)28(31,32)33/h1-11,16,24,26H,12-15,17H2. The fourth-order valence-corrected chi connectivity index (χ4v) is 5.21. The van der Waals surface area contributed by atoms with Crippen molar-refractivity contribution in [1.29, 1.82) is 0 Å². The number of carbonyl (C=O) groups excluding carboxylic acids is 2. The summed E-state index contributed by atoms with van der Waals surface area (Å²) in [5.74, 6) is -1.83. The highest BCUT2D eigenvalue weighted by Gasteiger charge is 2.44. The minimum absolute atomic E-state index is 0.0938. The molecule has 10 heteroatoms. The molecular formula is C28H24F5N3O2. The van der Waals surface area contributed by atoms with Gasteiger partial charge in [-0.3, -0.25) is 19.4 Å². The molecule has 5 nitrogen and oxygen atoms in total. The number of imide groups is 1. The number of anilines is 1. The average molecular weight is 530 g/mol. The van der Waals surface area contributed by atoms with Crippen molar-refractivity contribution < 1.29 is 31.5 Å². The van der Waals surface area contributed by atoms with E-state index < -0.39 is 29.6 Å². The normalized spacial score (nSPS) is 19.5. The Balaban J connectivity index is 1.32. The topological polar surface area (TPSA) is 43.9 Å². The molecule has 2 amide bonds. The summed E-state index contributed by atoms with van der Waals surface area (Å²) in [5, 5.41) is 0. The summed E-state index contributed by atoms with van der Waals surface area (Å²) < 4.78 is 66.7. The third-order valence-electron chi connectivity index (χ3n) is 7.08. The van der Waals surface area contributed by atoms with Gasteiger partial charge in [0.15, 0.2) is 0 Å². The molecule has 0 radical (unpaired) electrons. The van der Waals surface area contributed by atoms with E-state index in [9.17, 15) is 31.5 Å². The van der Waals surface area contributed by atoms with Crippen LogP contribution in [0.5, 0.6) is 0 Å². The third-order valence-corrected chi connectivity index (χ3v) is 7.08. The Labute approximate surface area is 216 Å². The second-order valence-corrected chi connectivity index (χ2v) is 9.41. The van der Waals surface area contributed by atoms with Crippen LogP contribution < -0.4 is 4.90 Å². The Bertz CT molecular complexity index is 1270. The predicted octanol–water partition coefficient (Wildman–Crippen LogP) is 5.02. The molecule has 2 aliphatic rings. The van der Waals surface area contributed by atoms with Crippen molar-refractivity contribution >= 4 is 17.5 Å². The van der Waals surface area contributed by atoms with Crippen LogP contribution in [0.3, 0.4) is 0 Å². The van der Waals surface area contributed by atoms with Gasteiger partial charge in [-0.2, -0.15) is 13.2 Å². The number of piperazine rings is 1. The summed E-state index contributed by atoms with van der Waals surface area (Å²) in [5.41, 5.74) is 0.632. The first kappa shape index (κ1) is 26.0. The van der Waals surface area contributed by atoms with Crippen LogP contribution >= 0.6 is 0 Å². The molecule has 0 aliphatic carbocycles. The molecule has 0 spiro atoms. The Morgan fingerprint density at radius 2 is 1.32 bits per heavy atom. The SMILES string of the molecule is O=C1CC(N2CCN(C(c3ccc(F)cc3)c3ccc(F)cc3)CC2)C(=O)N1c1cccc(C(F)(F)F)c1. The molecule has 3 aromatic rings. The van der Waals surface area contributed by atoms with Gasteiger partial charge in [-0.05, 0) is 53.6 Å². The van der Waals surface area contributed by atoms with Gasteiger partial charge in [-0.15, -0.1) is 0 Å². The van der Waals surface area contributed by atoms with Crippen LogP contribution in [0.4, 0.5) is 27.6 Å². The van der Waals surface area contributed by atoms with Crippen LogP contribution in [0.25, 0.3) is 0 Å². The Kier molecular flexibility index (Phi) is 7.02. The summed E-state index contributed by atoms with van der Waals surface area (Å²) in [6, 6.07) is 15.4. The maximum Gasteiger partial charge on any atom is 0.416 e. The fourth-order valence-electron chi connectivity index (χ4n) is 5.21. The summed E-state index contributed by atoms with van der Waals surface area (Å²) in [7, 11) is 0. The van der Waals surface area contributed by atoms with Gasteiger partial charge in [-0.1, -0.05) is 30.3 Å². The minimum atomic E-state index is -4.59. The summed E-state index contributed by atoms with van der Waals surface area (Å²) in [6.45, 7) is 1.86. The molecule has 0 bridgehead atoms. The van der Waals surface area contributed by atoms with Gasteiger partial charge in [0, 0.05) is 26.2 Å². The number of rotatable bonds is 5. The Hall–Kier alpha value is -3.63. The highest BCUT2D eigenvalue weighted by Crippen LogP contribution is 2.35. The molecule has 2 heterocycles. The third kappa shape index (κ3) is 5.19. The molecule has 1 atom stereocenters. The van der Waals surface area contributed by atoms with Gasteiger partial charge >= 0.3 is 6.18 Å². The molecule has 0 aromatic heterocycles. The first-order valence-electron chi connectivity index (χ1n) is 12.1. The molecular weight excluding hydrogens is 505 g/mol. The van der Waals surface area contributed by atoms with Crippen LogP contribution in [-0.2, 0) is 15.8 Å². The lowest BCUT2D eigenvalue weighted by Gasteiger charge is -2.41. The minimum Gasteiger partial charge on any atom is -0.290 e. The van der Waals surface area contributed by atoms with Gasteiger partial charge in [0.05, 0.1) is 29.8 Å². The summed E-state index contributed by atoms with van der Waals surface area (Å²) in [6.07, 6.45) is -4.71. The van der Waals surface area contributed by atoms with E-state index in [0.29, 0.717) is 26.2 Å². The maximum absolute atomic E-state index is 13.6. The zero-order chi connectivity index (χ0) is 27.0. The van der Waals surface area contributed by atoms with Crippen LogP contribution in [0.15, 0.2) is 72.8 Å². The van der Waals surface area contributed by atoms with Gasteiger partial charge < -0.3 is 0 Å². The molecule has 2 aliphatic heterocycles. The van der Waals surface area contributed by atoms with E-state index in [1.54, 1.807) is 24.3 Å². The van der Waals surface area contributed by atoms with Gasteiger partial charge in [0.1, 0.15) is 11.6 Å². The molecule has 2 saturated heterocycles. The molecule has 38 heavy (non-hydrogen) atoms. The first-order valence-corrected chi connectivity index (χ1v) is 12.1. The van der Waals surface area contributed by atoms with Crippen LogP contribution in [0.2, 0.25) is 0 Å². The number of benzene rings is 3. The zero-order valence-corrected chi connectivity index (χ0v) is 20.2. The second-order valence-electron chi connectivity index (χ2n) is 9.41. The van der Waals surface area contributed by atoms with Crippen LogP contribution in [-0.4, -0.2) is 53.8 Å². The van der Waals surface area contributed by atoms with E-state index in [0.717, 1.165) is 28.2 Å². The smallest absolute Gasteiger partial charge is 0.290 e. The number of hydrogen-bond acceptors (Lipinski definition) is 4. The van der Waals surface area contributed by atoms with Gasteiger partial charge in [-0.25, -0.2) is 13.7 Å². The Morgan fingerprint density at radius 1 is 0.763 bits per heavy atom. The van der Waals surface area contributed by atoms with Crippen molar-refractivity contribution in [3.8, 4) is 0 Å². The summed E-state index contributed by atoms with van der Waals surface area (Å²) in [4.78, 5) is 30.8. The number of alkyl halides is 3. The molecule has 5 rings (SSSR count). The van der Waals surface area contributed by atoms with Crippen molar-refractivity contribution in [2.24, 2.45) is 0 Å². The Morgan fingerprint density at radius 3 is 1.84 bits per heavy atom. The molecule has 0 saturated carbocycles. The van der Waals surface area contributed by atoms with E-state index in [1.807, 2.05) is 4.90 Å². The van der Waals surface area contributed by atoms with Crippen molar-refractivity contribution in [3.63, 3.8) is 0 Å². The van der Waals surface area contributed by atoms with Gasteiger partial charge in [0.25, 0.3) is 5.91 Å². The number of hydrogen-bond donors (Lipinski definition) is 0. The number of nitrogens with zero attached hydrogens (tertiary/aromatic N) is 3. The average Bonchev–Trinajstić information content (AvgIpc) is 3.20. The van der Waals surface area contributed by atoms with Crippen LogP contribution in [0.1, 0.15) is 29.2 Å². The lowest BCUT2D eigenvalue weighted by atomic mass is 9.96. The van der Waals surface area contributed by atoms with E-state index in [1.165, 1.54) is 36.4 Å². The second kappa shape index (κ2) is 10.3. The number of amides is 2. The zero-order valence-electron chi connectivity index (χ0n) is 20.2. The van der Waals surface area contributed by atoms with E-state index >= 15 is 0 Å². The van der Waals surface area contributed by atoms with Crippen LogP contribution in [0, 0.1) is 11.6 Å². The van der Waals surface area contributed by atoms with E-state index in [2.05, 4.69) is 4.90 Å². The lowest BCUT2D eigenvalue weighted by molar-refractivity contribution is -0.137. The molecule has 2 fully saturated rings. The van der Waals surface area contributed by atoms with E-state index in [-0.39, 0.29) is 29.8 Å².